The first-order valence-electron chi connectivity index (χ1n) is 9.33. The lowest BCUT2D eigenvalue weighted by Gasteiger charge is -2.46. The summed E-state index contributed by atoms with van der Waals surface area (Å²) in [7, 11) is 2.38. The summed E-state index contributed by atoms with van der Waals surface area (Å²) in [5.41, 5.74) is 6.09. The van der Waals surface area contributed by atoms with E-state index in [1.165, 1.54) is 64.6 Å². The SMILES string of the molecule is CCCC1CCC(CN)C(N(C)C2CCN(CC)CC2)C1. The first-order valence-corrected chi connectivity index (χ1v) is 9.33. The summed E-state index contributed by atoms with van der Waals surface area (Å²) in [5, 5.41) is 0. The summed E-state index contributed by atoms with van der Waals surface area (Å²) >= 11 is 0. The zero-order chi connectivity index (χ0) is 15.2. The molecule has 3 nitrogen and oxygen atoms in total. The van der Waals surface area contributed by atoms with Gasteiger partial charge in [-0.1, -0.05) is 33.1 Å². The first kappa shape index (κ1) is 17.2. The van der Waals surface area contributed by atoms with Gasteiger partial charge in [0.2, 0.25) is 0 Å². The average Bonchev–Trinajstić information content (AvgIpc) is 2.54. The van der Waals surface area contributed by atoms with Crippen LogP contribution in [0.5, 0.6) is 0 Å². The van der Waals surface area contributed by atoms with Crippen LogP contribution in [0.2, 0.25) is 0 Å². The Morgan fingerprint density at radius 2 is 1.81 bits per heavy atom. The van der Waals surface area contributed by atoms with Crippen molar-refractivity contribution in [2.45, 2.75) is 70.9 Å². The van der Waals surface area contributed by atoms with Crippen molar-refractivity contribution in [2.24, 2.45) is 17.6 Å². The van der Waals surface area contributed by atoms with Crippen molar-refractivity contribution in [1.29, 1.82) is 0 Å². The van der Waals surface area contributed by atoms with Crippen LogP contribution in [-0.4, -0.2) is 55.1 Å². The number of rotatable bonds is 6. The minimum atomic E-state index is 0.729. The van der Waals surface area contributed by atoms with E-state index in [1.807, 2.05) is 0 Å². The second kappa shape index (κ2) is 8.50. The van der Waals surface area contributed by atoms with Crippen molar-refractivity contribution in [3.63, 3.8) is 0 Å². The lowest BCUT2D eigenvalue weighted by molar-refractivity contribution is 0.0387. The molecule has 0 aromatic heterocycles. The molecule has 0 amide bonds. The highest BCUT2D eigenvalue weighted by Gasteiger charge is 2.35. The van der Waals surface area contributed by atoms with E-state index >= 15 is 0 Å². The van der Waals surface area contributed by atoms with E-state index < -0.39 is 0 Å². The third-order valence-electron chi connectivity index (χ3n) is 6.17. The highest BCUT2D eigenvalue weighted by molar-refractivity contribution is 4.90. The predicted molar refractivity (Wildman–Crippen MR) is 91.5 cm³/mol. The van der Waals surface area contributed by atoms with Gasteiger partial charge in [0.05, 0.1) is 0 Å². The summed E-state index contributed by atoms with van der Waals surface area (Å²) in [4.78, 5) is 5.32. The van der Waals surface area contributed by atoms with Crippen LogP contribution in [0, 0.1) is 11.8 Å². The summed E-state index contributed by atoms with van der Waals surface area (Å²) in [6, 6.07) is 1.52. The molecule has 0 spiro atoms. The minimum Gasteiger partial charge on any atom is -0.330 e. The molecule has 0 bridgehead atoms. The molecule has 1 aliphatic heterocycles. The standard InChI is InChI=1S/C18H37N3/c1-4-6-15-7-8-16(14-19)18(13-15)20(3)17-9-11-21(5-2)12-10-17/h15-18H,4-14,19H2,1-3H3. The molecule has 0 aromatic carbocycles. The van der Waals surface area contributed by atoms with Crippen LogP contribution in [-0.2, 0) is 0 Å². The molecule has 1 heterocycles. The van der Waals surface area contributed by atoms with Gasteiger partial charge in [-0.25, -0.2) is 0 Å². The second-order valence-electron chi connectivity index (χ2n) is 7.36. The van der Waals surface area contributed by atoms with Crippen molar-refractivity contribution in [1.82, 2.24) is 9.80 Å². The Labute approximate surface area is 132 Å². The molecular weight excluding hydrogens is 258 g/mol. The smallest absolute Gasteiger partial charge is 0.0138 e. The molecule has 2 rings (SSSR count). The molecular formula is C18H37N3. The maximum absolute atomic E-state index is 6.09. The minimum absolute atomic E-state index is 0.729. The number of nitrogens with zero attached hydrogens (tertiary/aromatic N) is 2. The largest absolute Gasteiger partial charge is 0.330 e. The topological polar surface area (TPSA) is 32.5 Å². The third kappa shape index (κ3) is 4.43. The number of nitrogens with two attached hydrogens (primary N) is 1. The van der Waals surface area contributed by atoms with Crippen LogP contribution in [0.4, 0.5) is 0 Å². The summed E-state index contributed by atoms with van der Waals surface area (Å²) in [5.74, 6) is 1.67. The lowest BCUT2D eigenvalue weighted by atomic mass is 9.75. The fraction of sp³-hybridized carbons (Fsp3) is 1.00. The van der Waals surface area contributed by atoms with Gasteiger partial charge < -0.3 is 15.5 Å². The second-order valence-corrected chi connectivity index (χ2v) is 7.36. The Morgan fingerprint density at radius 3 is 2.38 bits per heavy atom. The molecule has 2 N–H and O–H groups in total. The van der Waals surface area contributed by atoms with Crippen LogP contribution < -0.4 is 5.73 Å². The third-order valence-corrected chi connectivity index (χ3v) is 6.17. The van der Waals surface area contributed by atoms with Crippen molar-refractivity contribution in [3.8, 4) is 0 Å². The number of hydrogen-bond acceptors (Lipinski definition) is 3. The molecule has 0 radical (unpaired) electrons. The highest BCUT2D eigenvalue weighted by atomic mass is 15.2. The molecule has 2 aliphatic rings. The van der Waals surface area contributed by atoms with Gasteiger partial charge in [-0.15, -0.1) is 0 Å². The normalized spacial score (nSPS) is 32.7. The van der Waals surface area contributed by atoms with Gasteiger partial charge in [0.15, 0.2) is 0 Å². The van der Waals surface area contributed by atoms with Crippen LogP contribution in [0.15, 0.2) is 0 Å². The zero-order valence-corrected chi connectivity index (χ0v) is 14.6. The average molecular weight is 296 g/mol. The van der Waals surface area contributed by atoms with Crippen LogP contribution in [0.1, 0.15) is 58.8 Å². The maximum Gasteiger partial charge on any atom is 0.0138 e. The van der Waals surface area contributed by atoms with E-state index in [-0.39, 0.29) is 0 Å². The van der Waals surface area contributed by atoms with Crippen molar-refractivity contribution >= 4 is 0 Å². The number of piperidine rings is 1. The van der Waals surface area contributed by atoms with Crippen LogP contribution in [0.25, 0.3) is 0 Å². The summed E-state index contributed by atoms with van der Waals surface area (Å²) in [6.07, 6.45) is 9.59. The number of hydrogen-bond donors (Lipinski definition) is 1. The molecule has 21 heavy (non-hydrogen) atoms. The van der Waals surface area contributed by atoms with Gasteiger partial charge in [-0.3, -0.25) is 0 Å². The van der Waals surface area contributed by atoms with Crippen LogP contribution >= 0.6 is 0 Å². The van der Waals surface area contributed by atoms with Crippen molar-refractivity contribution in [3.05, 3.63) is 0 Å². The monoisotopic (exact) mass is 295 g/mol. The van der Waals surface area contributed by atoms with E-state index in [0.717, 1.165) is 30.5 Å². The molecule has 0 aromatic rings. The first-order chi connectivity index (χ1) is 10.2. The van der Waals surface area contributed by atoms with E-state index in [1.54, 1.807) is 0 Å². The molecule has 124 valence electrons. The fourth-order valence-electron chi connectivity index (χ4n) is 4.65. The van der Waals surface area contributed by atoms with Crippen molar-refractivity contribution in [2.75, 3.05) is 33.2 Å². The van der Waals surface area contributed by atoms with Gasteiger partial charge in [0.1, 0.15) is 0 Å². The van der Waals surface area contributed by atoms with Gasteiger partial charge in [0, 0.05) is 12.1 Å². The molecule has 3 heteroatoms. The molecule has 3 unspecified atom stereocenters. The highest BCUT2D eigenvalue weighted by Crippen LogP contribution is 2.35. The van der Waals surface area contributed by atoms with E-state index in [0.29, 0.717) is 0 Å². The zero-order valence-electron chi connectivity index (χ0n) is 14.6. The van der Waals surface area contributed by atoms with Gasteiger partial charge in [0.25, 0.3) is 0 Å². The summed E-state index contributed by atoms with van der Waals surface area (Å²) < 4.78 is 0. The quantitative estimate of drug-likeness (QED) is 0.818. The molecule has 1 saturated carbocycles. The van der Waals surface area contributed by atoms with Crippen molar-refractivity contribution < 1.29 is 0 Å². The Hall–Kier alpha value is -0.120. The van der Waals surface area contributed by atoms with E-state index in [9.17, 15) is 0 Å². The summed E-state index contributed by atoms with van der Waals surface area (Å²) in [6.45, 7) is 9.26. The predicted octanol–water partition coefficient (Wildman–Crippen LogP) is 2.95. The van der Waals surface area contributed by atoms with Gasteiger partial charge >= 0.3 is 0 Å². The molecule has 3 atom stereocenters. The Balaban J connectivity index is 1.92. The molecule has 1 saturated heterocycles. The fourth-order valence-corrected chi connectivity index (χ4v) is 4.65. The van der Waals surface area contributed by atoms with Gasteiger partial charge in [-0.05, 0) is 70.7 Å². The Bertz CT molecular complexity index is 286. The van der Waals surface area contributed by atoms with E-state index in [2.05, 4.69) is 30.7 Å². The molecule has 1 aliphatic carbocycles. The maximum atomic E-state index is 6.09. The van der Waals surface area contributed by atoms with E-state index in [4.69, 9.17) is 5.73 Å². The molecule has 2 fully saturated rings. The van der Waals surface area contributed by atoms with Crippen LogP contribution in [0.3, 0.4) is 0 Å². The Morgan fingerprint density at radius 1 is 1.10 bits per heavy atom. The lowest BCUT2D eigenvalue weighted by Crippen LogP contribution is -2.52. The number of likely N-dealkylation sites (tertiary alicyclic amines) is 1. The Kier molecular flexibility index (Phi) is 6.97. The van der Waals surface area contributed by atoms with Gasteiger partial charge in [-0.2, -0.15) is 0 Å².